The maximum absolute atomic E-state index is 10.8. The van der Waals surface area contributed by atoms with Crippen LogP contribution < -0.4 is 0 Å². The Morgan fingerprint density at radius 3 is 2.50 bits per heavy atom. The highest BCUT2D eigenvalue weighted by atomic mass is 16.3. The summed E-state index contributed by atoms with van der Waals surface area (Å²) in [5.41, 5.74) is 0.567. The van der Waals surface area contributed by atoms with Crippen LogP contribution >= 0.6 is 0 Å². The monoisotopic (exact) mass is 222 g/mol. The van der Waals surface area contributed by atoms with Crippen LogP contribution in [0.4, 0.5) is 0 Å². The molecule has 0 spiro atoms. The van der Waals surface area contributed by atoms with Gasteiger partial charge in [0.05, 0.1) is 5.60 Å². The van der Waals surface area contributed by atoms with E-state index in [1.165, 1.54) is 32.1 Å². The molecule has 1 nitrogen and oxygen atoms in total. The lowest BCUT2D eigenvalue weighted by Crippen LogP contribution is -2.39. The Bertz CT molecular complexity index is 238. The van der Waals surface area contributed by atoms with Crippen LogP contribution in [0.5, 0.6) is 0 Å². The summed E-state index contributed by atoms with van der Waals surface area (Å²) in [6.07, 6.45) is 10.7. The Morgan fingerprint density at radius 1 is 1.38 bits per heavy atom. The lowest BCUT2D eigenvalue weighted by molar-refractivity contribution is -0.0388. The molecule has 1 N–H and O–H groups in total. The van der Waals surface area contributed by atoms with Gasteiger partial charge in [0, 0.05) is 0 Å². The molecule has 1 heteroatoms. The predicted octanol–water partition coefficient (Wildman–Crippen LogP) is 4.23. The summed E-state index contributed by atoms with van der Waals surface area (Å²) in [6, 6.07) is 0. The summed E-state index contributed by atoms with van der Waals surface area (Å²) in [5.74, 6) is 0.470. The maximum atomic E-state index is 10.8. The van der Waals surface area contributed by atoms with Crippen molar-refractivity contribution in [3.63, 3.8) is 0 Å². The first-order chi connectivity index (χ1) is 7.58. The second-order valence-electron chi connectivity index (χ2n) is 5.40. The molecule has 0 saturated heterocycles. The second-order valence-corrected chi connectivity index (χ2v) is 5.40. The molecule has 1 aliphatic carbocycles. The van der Waals surface area contributed by atoms with Crippen molar-refractivity contribution >= 4 is 0 Å². The molecule has 0 aliphatic heterocycles. The first kappa shape index (κ1) is 13.5. The SMILES string of the molecule is C=CCCC(O)(CC(=C)C)C1CCCCC1. The fourth-order valence-corrected chi connectivity index (χ4v) is 2.95. The van der Waals surface area contributed by atoms with Gasteiger partial charge in [0.2, 0.25) is 0 Å². The molecule has 1 saturated carbocycles. The molecule has 1 aliphatic rings. The van der Waals surface area contributed by atoms with Gasteiger partial charge in [-0.1, -0.05) is 30.9 Å². The molecule has 0 aromatic rings. The normalized spacial score (nSPS) is 21.4. The Hall–Kier alpha value is -0.560. The van der Waals surface area contributed by atoms with Gasteiger partial charge in [-0.3, -0.25) is 0 Å². The van der Waals surface area contributed by atoms with Gasteiger partial charge in [0.15, 0.2) is 0 Å². The average molecular weight is 222 g/mol. The zero-order chi connectivity index (χ0) is 12.0. The predicted molar refractivity (Wildman–Crippen MR) is 70.4 cm³/mol. The van der Waals surface area contributed by atoms with Crippen LogP contribution in [0.25, 0.3) is 0 Å². The minimum absolute atomic E-state index is 0.470. The van der Waals surface area contributed by atoms with E-state index in [1.807, 2.05) is 13.0 Å². The number of hydrogen-bond donors (Lipinski definition) is 1. The molecule has 1 unspecified atom stereocenters. The first-order valence-electron chi connectivity index (χ1n) is 6.56. The molecule has 16 heavy (non-hydrogen) atoms. The van der Waals surface area contributed by atoms with Crippen LogP contribution in [0.3, 0.4) is 0 Å². The third kappa shape index (κ3) is 3.79. The number of hydrogen-bond acceptors (Lipinski definition) is 1. The summed E-state index contributed by atoms with van der Waals surface area (Å²) in [4.78, 5) is 0. The Kier molecular flexibility index (Phi) is 5.27. The zero-order valence-electron chi connectivity index (χ0n) is 10.7. The molecule has 0 bridgehead atoms. The molecular formula is C15H26O. The van der Waals surface area contributed by atoms with Crippen molar-refractivity contribution in [2.45, 2.75) is 63.9 Å². The summed E-state index contributed by atoms with van der Waals surface area (Å²) in [5, 5.41) is 10.8. The van der Waals surface area contributed by atoms with E-state index in [2.05, 4.69) is 13.2 Å². The lowest BCUT2D eigenvalue weighted by atomic mass is 9.72. The Morgan fingerprint density at radius 2 is 2.00 bits per heavy atom. The minimum atomic E-state index is -0.527. The van der Waals surface area contributed by atoms with Crippen LogP contribution in [0.1, 0.15) is 58.3 Å². The highest BCUT2D eigenvalue weighted by molar-refractivity contribution is 5.01. The van der Waals surface area contributed by atoms with E-state index >= 15 is 0 Å². The Balaban J connectivity index is 2.66. The highest BCUT2D eigenvalue weighted by Gasteiger charge is 2.36. The Labute approximate surface area is 100 Å². The summed E-state index contributed by atoms with van der Waals surface area (Å²) in [7, 11) is 0. The zero-order valence-corrected chi connectivity index (χ0v) is 10.7. The number of rotatable bonds is 6. The topological polar surface area (TPSA) is 20.2 Å². The minimum Gasteiger partial charge on any atom is -0.389 e. The van der Waals surface area contributed by atoms with Gasteiger partial charge < -0.3 is 5.11 Å². The highest BCUT2D eigenvalue weighted by Crippen LogP contribution is 2.39. The van der Waals surface area contributed by atoms with Gasteiger partial charge in [-0.15, -0.1) is 13.2 Å². The molecule has 92 valence electrons. The molecule has 0 aromatic heterocycles. The van der Waals surface area contributed by atoms with Crippen molar-refractivity contribution in [1.82, 2.24) is 0 Å². The standard InChI is InChI=1S/C15H26O/c1-4-5-11-15(16,12-13(2)3)14-9-7-6-8-10-14/h4,14,16H,1-2,5-12H2,3H3. The van der Waals surface area contributed by atoms with Crippen molar-refractivity contribution in [1.29, 1.82) is 0 Å². The molecule has 0 aromatic carbocycles. The van der Waals surface area contributed by atoms with E-state index in [1.54, 1.807) is 0 Å². The summed E-state index contributed by atoms with van der Waals surface area (Å²) < 4.78 is 0. The smallest absolute Gasteiger partial charge is 0.0715 e. The third-order valence-corrected chi connectivity index (χ3v) is 3.75. The van der Waals surface area contributed by atoms with E-state index in [9.17, 15) is 5.11 Å². The summed E-state index contributed by atoms with van der Waals surface area (Å²) >= 11 is 0. The summed E-state index contributed by atoms with van der Waals surface area (Å²) in [6.45, 7) is 9.73. The third-order valence-electron chi connectivity index (χ3n) is 3.75. The van der Waals surface area contributed by atoms with Crippen LogP contribution in [-0.4, -0.2) is 10.7 Å². The molecular weight excluding hydrogens is 196 g/mol. The number of allylic oxidation sites excluding steroid dienone is 1. The van der Waals surface area contributed by atoms with Crippen molar-refractivity contribution < 1.29 is 5.11 Å². The van der Waals surface area contributed by atoms with Crippen LogP contribution in [-0.2, 0) is 0 Å². The molecule has 1 rings (SSSR count). The lowest BCUT2D eigenvalue weighted by Gasteiger charge is -2.39. The molecule has 1 fully saturated rings. The van der Waals surface area contributed by atoms with Gasteiger partial charge in [0.25, 0.3) is 0 Å². The van der Waals surface area contributed by atoms with Crippen molar-refractivity contribution in [3.05, 3.63) is 24.8 Å². The molecule has 1 atom stereocenters. The van der Waals surface area contributed by atoms with Gasteiger partial charge in [0.1, 0.15) is 0 Å². The average Bonchev–Trinajstić information content (AvgIpc) is 2.27. The van der Waals surface area contributed by atoms with E-state index in [0.29, 0.717) is 5.92 Å². The van der Waals surface area contributed by atoms with E-state index < -0.39 is 5.60 Å². The van der Waals surface area contributed by atoms with Gasteiger partial charge in [-0.2, -0.15) is 0 Å². The van der Waals surface area contributed by atoms with Crippen LogP contribution in [0.2, 0.25) is 0 Å². The first-order valence-corrected chi connectivity index (χ1v) is 6.56. The van der Waals surface area contributed by atoms with Gasteiger partial charge >= 0.3 is 0 Å². The molecule has 0 heterocycles. The van der Waals surface area contributed by atoms with E-state index in [0.717, 1.165) is 24.8 Å². The van der Waals surface area contributed by atoms with Crippen LogP contribution in [0, 0.1) is 5.92 Å². The molecule has 0 amide bonds. The van der Waals surface area contributed by atoms with Crippen molar-refractivity contribution in [3.8, 4) is 0 Å². The van der Waals surface area contributed by atoms with E-state index in [4.69, 9.17) is 0 Å². The largest absolute Gasteiger partial charge is 0.389 e. The number of aliphatic hydroxyl groups is 1. The molecule has 0 radical (unpaired) electrons. The second kappa shape index (κ2) is 6.24. The van der Waals surface area contributed by atoms with Gasteiger partial charge in [-0.25, -0.2) is 0 Å². The fourth-order valence-electron chi connectivity index (χ4n) is 2.95. The fraction of sp³-hybridized carbons (Fsp3) is 0.733. The van der Waals surface area contributed by atoms with Crippen molar-refractivity contribution in [2.24, 2.45) is 5.92 Å². The van der Waals surface area contributed by atoms with E-state index in [-0.39, 0.29) is 0 Å². The van der Waals surface area contributed by atoms with Crippen molar-refractivity contribution in [2.75, 3.05) is 0 Å². The van der Waals surface area contributed by atoms with Gasteiger partial charge in [-0.05, 0) is 44.9 Å². The quantitative estimate of drug-likeness (QED) is 0.667. The van der Waals surface area contributed by atoms with Crippen LogP contribution in [0.15, 0.2) is 24.8 Å². The maximum Gasteiger partial charge on any atom is 0.0715 e.